The summed E-state index contributed by atoms with van der Waals surface area (Å²) in [4.78, 5) is 39.2. The predicted octanol–water partition coefficient (Wildman–Crippen LogP) is 3.78. The van der Waals surface area contributed by atoms with Crippen LogP contribution in [0.4, 0.5) is 5.69 Å². The Morgan fingerprint density at radius 3 is 2.71 bits per heavy atom. The number of carbonyl (C=O) groups excluding carboxylic acids is 3. The fourth-order valence-electron chi connectivity index (χ4n) is 3.51. The van der Waals surface area contributed by atoms with Crippen LogP contribution in [0.1, 0.15) is 49.5 Å². The van der Waals surface area contributed by atoms with Crippen LogP contribution in [0.2, 0.25) is 0 Å². The van der Waals surface area contributed by atoms with Crippen molar-refractivity contribution in [3.63, 3.8) is 0 Å². The number of nitrogens with zero attached hydrogens (tertiary/aromatic N) is 1. The lowest BCUT2D eigenvalue weighted by Crippen LogP contribution is -2.36. The molecule has 2 aliphatic heterocycles. The molecule has 0 aromatic heterocycles. The molecular weight excluding hydrogens is 424 g/mol. The highest BCUT2D eigenvalue weighted by Crippen LogP contribution is 2.27. The Balaban J connectivity index is 1.55. The van der Waals surface area contributed by atoms with Gasteiger partial charge in [-0.2, -0.15) is 0 Å². The maximum Gasteiger partial charge on any atom is 0.261 e. The molecule has 0 bridgehead atoms. The molecule has 7 heteroatoms. The first-order chi connectivity index (χ1) is 13.4. The SMILES string of the molecule is Cc1ccc(Br)cc1NC(=O)c1ccc2c(c1)C(=O)N(CC1CCCO1)C2=O. The van der Waals surface area contributed by atoms with Crippen molar-refractivity contribution in [3.8, 4) is 0 Å². The van der Waals surface area contributed by atoms with E-state index in [1.54, 1.807) is 12.1 Å². The normalized spacial score (nSPS) is 18.5. The van der Waals surface area contributed by atoms with Crippen LogP contribution in [0.5, 0.6) is 0 Å². The minimum atomic E-state index is -0.371. The van der Waals surface area contributed by atoms with E-state index < -0.39 is 0 Å². The Morgan fingerprint density at radius 1 is 1.18 bits per heavy atom. The molecule has 144 valence electrons. The number of amides is 3. The molecule has 1 N–H and O–H groups in total. The van der Waals surface area contributed by atoms with Crippen molar-refractivity contribution in [2.75, 3.05) is 18.5 Å². The number of fused-ring (bicyclic) bond motifs is 1. The molecule has 2 aliphatic rings. The lowest BCUT2D eigenvalue weighted by atomic mass is 10.0. The van der Waals surface area contributed by atoms with Gasteiger partial charge in [-0.15, -0.1) is 0 Å². The van der Waals surface area contributed by atoms with Crippen LogP contribution in [-0.2, 0) is 4.74 Å². The highest BCUT2D eigenvalue weighted by atomic mass is 79.9. The predicted molar refractivity (Wildman–Crippen MR) is 108 cm³/mol. The van der Waals surface area contributed by atoms with Crippen molar-refractivity contribution in [1.82, 2.24) is 4.90 Å². The smallest absolute Gasteiger partial charge is 0.261 e. The molecular formula is C21H19BrN2O4. The average Bonchev–Trinajstić information content (AvgIpc) is 3.27. The Kier molecular flexibility index (Phi) is 5.03. The second kappa shape index (κ2) is 7.48. The molecule has 2 aromatic carbocycles. The highest BCUT2D eigenvalue weighted by molar-refractivity contribution is 9.10. The number of anilines is 1. The van der Waals surface area contributed by atoms with Gasteiger partial charge in [-0.1, -0.05) is 22.0 Å². The molecule has 0 saturated carbocycles. The maximum atomic E-state index is 12.7. The molecule has 2 heterocycles. The van der Waals surface area contributed by atoms with Crippen molar-refractivity contribution < 1.29 is 19.1 Å². The maximum absolute atomic E-state index is 12.7. The summed E-state index contributed by atoms with van der Waals surface area (Å²) < 4.78 is 6.40. The molecule has 1 unspecified atom stereocenters. The van der Waals surface area contributed by atoms with Crippen LogP contribution in [-0.4, -0.2) is 41.9 Å². The molecule has 1 fully saturated rings. The van der Waals surface area contributed by atoms with Gasteiger partial charge in [-0.3, -0.25) is 19.3 Å². The average molecular weight is 443 g/mol. The summed E-state index contributed by atoms with van der Waals surface area (Å²) >= 11 is 3.39. The number of hydrogen-bond donors (Lipinski definition) is 1. The van der Waals surface area contributed by atoms with E-state index >= 15 is 0 Å². The topological polar surface area (TPSA) is 75.7 Å². The number of carbonyl (C=O) groups is 3. The third-order valence-corrected chi connectivity index (χ3v) is 5.58. The summed E-state index contributed by atoms with van der Waals surface area (Å²) in [5.74, 6) is -1.03. The zero-order valence-electron chi connectivity index (χ0n) is 15.3. The standard InChI is InChI=1S/C21H19BrN2O4/c1-12-4-6-14(22)10-18(12)23-19(25)13-5-7-16-17(9-13)21(27)24(20(16)26)11-15-3-2-8-28-15/h4-7,9-10,15H,2-3,8,11H2,1H3,(H,23,25). The molecule has 0 radical (unpaired) electrons. The highest BCUT2D eigenvalue weighted by Gasteiger charge is 2.37. The summed E-state index contributed by atoms with van der Waals surface area (Å²) in [5, 5.41) is 2.86. The molecule has 4 rings (SSSR count). The monoisotopic (exact) mass is 442 g/mol. The van der Waals surface area contributed by atoms with Crippen LogP contribution in [0.25, 0.3) is 0 Å². The number of halogens is 1. The Morgan fingerprint density at radius 2 is 1.96 bits per heavy atom. The molecule has 1 atom stereocenters. The van der Waals surface area contributed by atoms with Gasteiger partial charge in [-0.05, 0) is 55.7 Å². The number of aryl methyl sites for hydroxylation is 1. The molecule has 6 nitrogen and oxygen atoms in total. The summed E-state index contributed by atoms with van der Waals surface area (Å²) in [6.07, 6.45) is 1.67. The number of rotatable bonds is 4. The van der Waals surface area contributed by atoms with Crippen molar-refractivity contribution in [2.24, 2.45) is 0 Å². The second-order valence-corrected chi connectivity index (χ2v) is 7.95. The first-order valence-corrected chi connectivity index (χ1v) is 9.92. The van der Waals surface area contributed by atoms with Crippen LogP contribution in [0.15, 0.2) is 40.9 Å². The minimum absolute atomic E-state index is 0.107. The fraction of sp³-hybridized carbons (Fsp3) is 0.286. The van der Waals surface area contributed by atoms with E-state index in [9.17, 15) is 14.4 Å². The van der Waals surface area contributed by atoms with Gasteiger partial charge in [0.1, 0.15) is 0 Å². The third kappa shape index (κ3) is 3.47. The van der Waals surface area contributed by atoms with Crippen LogP contribution in [0, 0.1) is 6.92 Å². The largest absolute Gasteiger partial charge is 0.376 e. The van der Waals surface area contributed by atoms with Gasteiger partial charge in [0.15, 0.2) is 0 Å². The van der Waals surface area contributed by atoms with Gasteiger partial charge in [0.2, 0.25) is 0 Å². The summed E-state index contributed by atoms with van der Waals surface area (Å²) in [6, 6.07) is 10.2. The fourth-order valence-corrected chi connectivity index (χ4v) is 3.87. The number of nitrogens with one attached hydrogen (secondary N) is 1. The lowest BCUT2D eigenvalue weighted by molar-refractivity contribution is 0.0475. The van der Waals surface area contributed by atoms with Gasteiger partial charge >= 0.3 is 0 Å². The van der Waals surface area contributed by atoms with E-state index in [-0.39, 0.29) is 35.9 Å². The summed E-state index contributed by atoms with van der Waals surface area (Å²) in [7, 11) is 0. The molecule has 1 saturated heterocycles. The Labute approximate surface area is 171 Å². The van der Waals surface area contributed by atoms with Crippen molar-refractivity contribution >= 4 is 39.3 Å². The molecule has 0 spiro atoms. The minimum Gasteiger partial charge on any atom is -0.376 e. The second-order valence-electron chi connectivity index (χ2n) is 7.03. The number of hydrogen-bond acceptors (Lipinski definition) is 4. The van der Waals surface area contributed by atoms with Gasteiger partial charge in [0.25, 0.3) is 17.7 Å². The Hall–Kier alpha value is -2.51. The van der Waals surface area contributed by atoms with Gasteiger partial charge < -0.3 is 10.1 Å². The van der Waals surface area contributed by atoms with Gasteiger partial charge in [0.05, 0.1) is 23.8 Å². The van der Waals surface area contributed by atoms with Crippen molar-refractivity contribution in [3.05, 3.63) is 63.1 Å². The van der Waals surface area contributed by atoms with Crippen LogP contribution >= 0.6 is 15.9 Å². The quantitative estimate of drug-likeness (QED) is 0.730. The zero-order valence-corrected chi connectivity index (χ0v) is 16.9. The van der Waals surface area contributed by atoms with E-state index in [0.717, 1.165) is 22.9 Å². The molecule has 0 aliphatic carbocycles. The van der Waals surface area contributed by atoms with E-state index in [0.29, 0.717) is 23.4 Å². The van der Waals surface area contributed by atoms with E-state index in [1.807, 2.05) is 25.1 Å². The van der Waals surface area contributed by atoms with Gasteiger partial charge in [-0.25, -0.2) is 0 Å². The molecule has 28 heavy (non-hydrogen) atoms. The lowest BCUT2D eigenvalue weighted by Gasteiger charge is -2.17. The van der Waals surface area contributed by atoms with Crippen molar-refractivity contribution in [1.29, 1.82) is 0 Å². The number of benzene rings is 2. The first-order valence-electron chi connectivity index (χ1n) is 9.13. The zero-order chi connectivity index (χ0) is 19.8. The first kappa shape index (κ1) is 18.8. The van der Waals surface area contributed by atoms with E-state index in [4.69, 9.17) is 4.74 Å². The van der Waals surface area contributed by atoms with E-state index in [1.165, 1.54) is 11.0 Å². The van der Waals surface area contributed by atoms with E-state index in [2.05, 4.69) is 21.2 Å². The molecule has 3 amide bonds. The van der Waals surface area contributed by atoms with Crippen LogP contribution < -0.4 is 5.32 Å². The summed E-state index contributed by atoms with van der Waals surface area (Å²) in [5.41, 5.74) is 2.53. The van der Waals surface area contributed by atoms with Crippen molar-refractivity contribution in [2.45, 2.75) is 25.9 Å². The number of ether oxygens (including phenoxy) is 1. The summed E-state index contributed by atoms with van der Waals surface area (Å²) in [6.45, 7) is 2.81. The Bertz CT molecular complexity index is 982. The van der Waals surface area contributed by atoms with Crippen LogP contribution in [0.3, 0.4) is 0 Å². The van der Waals surface area contributed by atoms with Gasteiger partial charge in [0, 0.05) is 22.3 Å². The number of imide groups is 1. The third-order valence-electron chi connectivity index (χ3n) is 5.09. The molecule has 2 aromatic rings.